The molecule has 0 aliphatic heterocycles. The number of hydrogen-bond acceptors (Lipinski definition) is 3. The molecule has 22 heavy (non-hydrogen) atoms. The van der Waals surface area contributed by atoms with Crippen molar-refractivity contribution in [3.8, 4) is 0 Å². The number of halogens is 2. The predicted octanol–water partition coefficient (Wildman–Crippen LogP) is 4.43. The zero-order valence-corrected chi connectivity index (χ0v) is 14.6. The van der Waals surface area contributed by atoms with E-state index >= 15 is 0 Å². The molecule has 0 spiro atoms. The van der Waals surface area contributed by atoms with Crippen LogP contribution in [0.15, 0.2) is 42.5 Å². The second-order valence-corrected chi connectivity index (χ2v) is 7.18. The molecule has 2 aliphatic carbocycles. The maximum Gasteiger partial charge on any atom is 0.103 e. The maximum absolute atomic E-state index is 9.74. The lowest BCUT2D eigenvalue weighted by Gasteiger charge is -2.16. The predicted molar refractivity (Wildman–Crippen MR) is 96.1 cm³/mol. The average Bonchev–Trinajstić information content (AvgIpc) is 2.49. The van der Waals surface area contributed by atoms with Crippen LogP contribution in [0, 0.1) is 16.4 Å². The molecule has 0 heterocycles. The zero-order chi connectivity index (χ0) is 16.1. The Morgan fingerprint density at radius 2 is 1.68 bits per heavy atom. The standard InChI is InChI=1S/C11H15Cl2NOS.C6H4/c1-7(5-14)11(15)16-6-8-2-3-9(12)4-10(8)13;1-2-6-4-3-5(1)6/h2-4,7,11,15H,5-6,14H2,1H3;1-4H. The first-order chi connectivity index (χ1) is 10.5. The van der Waals surface area contributed by atoms with E-state index < -0.39 is 5.44 Å². The summed E-state index contributed by atoms with van der Waals surface area (Å²) in [6.45, 7) is 2.39. The van der Waals surface area contributed by atoms with Crippen LogP contribution in [0.1, 0.15) is 12.5 Å². The van der Waals surface area contributed by atoms with Crippen molar-refractivity contribution in [1.29, 1.82) is 0 Å². The van der Waals surface area contributed by atoms with Crippen LogP contribution in [0.2, 0.25) is 10.0 Å². The first-order valence-electron chi connectivity index (χ1n) is 7.05. The number of rotatable bonds is 5. The summed E-state index contributed by atoms with van der Waals surface area (Å²) in [4.78, 5) is 0. The van der Waals surface area contributed by atoms with E-state index in [9.17, 15) is 5.11 Å². The van der Waals surface area contributed by atoms with Crippen LogP contribution in [-0.4, -0.2) is 17.1 Å². The highest BCUT2D eigenvalue weighted by molar-refractivity contribution is 7.98. The molecule has 1 aromatic carbocycles. The van der Waals surface area contributed by atoms with Crippen molar-refractivity contribution in [2.45, 2.75) is 18.1 Å². The number of nitrogens with two attached hydrogens (primary N) is 1. The second kappa shape index (κ2) is 8.23. The van der Waals surface area contributed by atoms with Gasteiger partial charge in [0.2, 0.25) is 0 Å². The van der Waals surface area contributed by atoms with Crippen molar-refractivity contribution in [3.05, 3.63) is 68.5 Å². The molecule has 2 nitrogen and oxygen atoms in total. The molecule has 2 atom stereocenters. The summed E-state index contributed by atoms with van der Waals surface area (Å²) in [5.74, 6) is 0.734. The first kappa shape index (κ1) is 17.6. The second-order valence-electron chi connectivity index (χ2n) is 5.23. The SMILES string of the molecule is CC(CN)C(O)SCc1ccc(Cl)cc1Cl.c1cc2ccc1=2. The number of thioether (sulfide) groups is 1. The van der Waals surface area contributed by atoms with Gasteiger partial charge >= 0.3 is 0 Å². The van der Waals surface area contributed by atoms with Crippen molar-refractivity contribution in [2.75, 3.05) is 6.54 Å². The van der Waals surface area contributed by atoms with Gasteiger partial charge in [-0.05, 0) is 34.7 Å². The van der Waals surface area contributed by atoms with Crippen LogP contribution in [-0.2, 0) is 5.75 Å². The lowest BCUT2D eigenvalue weighted by atomic mass is 10.1. The van der Waals surface area contributed by atoms with Gasteiger partial charge in [-0.1, -0.05) is 60.5 Å². The fourth-order valence-electron chi connectivity index (χ4n) is 1.76. The largest absolute Gasteiger partial charge is 0.382 e. The molecular formula is C17H19Cl2NOS. The van der Waals surface area contributed by atoms with E-state index in [1.54, 1.807) is 12.1 Å². The normalized spacial score (nSPS) is 13.9. The Balaban J connectivity index is 0.000000238. The monoisotopic (exact) mass is 355 g/mol. The minimum absolute atomic E-state index is 0.0797. The van der Waals surface area contributed by atoms with E-state index in [0.717, 1.165) is 5.56 Å². The Morgan fingerprint density at radius 3 is 2.09 bits per heavy atom. The molecule has 2 unspecified atom stereocenters. The molecule has 5 heteroatoms. The van der Waals surface area contributed by atoms with Crippen LogP contribution >= 0.6 is 35.0 Å². The first-order valence-corrected chi connectivity index (χ1v) is 8.86. The molecule has 0 bridgehead atoms. The van der Waals surface area contributed by atoms with Gasteiger partial charge in [0.25, 0.3) is 0 Å². The van der Waals surface area contributed by atoms with Crippen LogP contribution in [0.4, 0.5) is 0 Å². The Bertz CT molecular complexity index is 673. The van der Waals surface area contributed by atoms with Gasteiger partial charge < -0.3 is 10.8 Å². The summed E-state index contributed by atoms with van der Waals surface area (Å²) in [6, 6.07) is 13.9. The maximum atomic E-state index is 9.74. The van der Waals surface area contributed by atoms with Gasteiger partial charge in [-0.3, -0.25) is 0 Å². The Hall–Kier alpha value is -0.710. The van der Waals surface area contributed by atoms with Gasteiger partial charge in [0, 0.05) is 21.7 Å². The molecule has 1 aromatic rings. The van der Waals surface area contributed by atoms with Gasteiger partial charge in [0.15, 0.2) is 0 Å². The Morgan fingerprint density at radius 1 is 1.09 bits per heavy atom. The third kappa shape index (κ3) is 4.64. The molecule has 0 saturated heterocycles. The topological polar surface area (TPSA) is 46.2 Å². The van der Waals surface area contributed by atoms with E-state index in [2.05, 4.69) is 24.3 Å². The van der Waals surface area contributed by atoms with Gasteiger partial charge in [0.05, 0.1) is 0 Å². The highest BCUT2D eigenvalue weighted by atomic mass is 35.5. The molecule has 0 saturated carbocycles. The quantitative estimate of drug-likeness (QED) is 0.665. The molecule has 3 N–H and O–H groups in total. The van der Waals surface area contributed by atoms with Crippen LogP contribution in [0.5, 0.6) is 0 Å². The van der Waals surface area contributed by atoms with E-state index in [0.29, 0.717) is 22.3 Å². The fraction of sp³-hybridized carbons (Fsp3) is 0.294. The number of aliphatic hydroxyl groups excluding tert-OH is 1. The zero-order valence-electron chi connectivity index (χ0n) is 12.3. The fourth-order valence-corrected chi connectivity index (χ4v) is 3.35. The summed E-state index contributed by atoms with van der Waals surface area (Å²) in [5.41, 5.74) is 5.99. The number of hydrogen-bond donors (Lipinski definition) is 2. The summed E-state index contributed by atoms with van der Waals surface area (Å²) in [5, 5.41) is 13.8. The molecule has 0 aromatic heterocycles. The molecule has 3 rings (SSSR count). The van der Waals surface area contributed by atoms with E-state index in [4.69, 9.17) is 28.9 Å². The average molecular weight is 356 g/mol. The molecular weight excluding hydrogens is 337 g/mol. The van der Waals surface area contributed by atoms with Crippen molar-refractivity contribution < 1.29 is 5.11 Å². The van der Waals surface area contributed by atoms with Crippen molar-refractivity contribution in [1.82, 2.24) is 0 Å². The summed E-state index contributed by atoms with van der Waals surface area (Å²) >= 11 is 13.2. The molecule has 2 aliphatic rings. The number of benzene rings is 2. The lowest BCUT2D eigenvalue weighted by molar-refractivity contribution is 0.206. The van der Waals surface area contributed by atoms with E-state index in [-0.39, 0.29) is 5.92 Å². The Labute approximate surface area is 144 Å². The van der Waals surface area contributed by atoms with Gasteiger partial charge in [0.1, 0.15) is 5.44 Å². The van der Waals surface area contributed by atoms with E-state index in [1.807, 2.05) is 13.0 Å². The van der Waals surface area contributed by atoms with Gasteiger partial charge in [-0.25, -0.2) is 0 Å². The minimum atomic E-state index is -0.461. The van der Waals surface area contributed by atoms with Crippen molar-refractivity contribution in [3.63, 3.8) is 0 Å². The third-order valence-electron chi connectivity index (χ3n) is 3.50. The number of aliphatic hydroxyl groups is 1. The van der Waals surface area contributed by atoms with Gasteiger partial charge in [-0.15, -0.1) is 11.8 Å². The van der Waals surface area contributed by atoms with Crippen molar-refractivity contribution in [2.24, 2.45) is 11.7 Å². The summed E-state index contributed by atoms with van der Waals surface area (Å²) < 4.78 is 0. The van der Waals surface area contributed by atoms with E-state index in [1.165, 1.54) is 22.2 Å². The molecule has 0 amide bonds. The van der Waals surface area contributed by atoms with Crippen molar-refractivity contribution >= 4 is 35.0 Å². The summed E-state index contributed by atoms with van der Waals surface area (Å²) in [6.07, 6.45) is 0. The summed E-state index contributed by atoms with van der Waals surface area (Å²) in [7, 11) is 0. The van der Waals surface area contributed by atoms with Crippen LogP contribution < -0.4 is 5.73 Å². The van der Waals surface area contributed by atoms with Crippen LogP contribution in [0.25, 0.3) is 0 Å². The highest BCUT2D eigenvalue weighted by Crippen LogP contribution is 2.27. The highest BCUT2D eigenvalue weighted by Gasteiger charge is 2.13. The Kier molecular flexibility index (Phi) is 6.60. The van der Waals surface area contributed by atoms with Crippen LogP contribution in [0.3, 0.4) is 0 Å². The third-order valence-corrected chi connectivity index (χ3v) is 5.37. The lowest BCUT2D eigenvalue weighted by Crippen LogP contribution is -2.22. The van der Waals surface area contributed by atoms with Gasteiger partial charge in [-0.2, -0.15) is 0 Å². The smallest absolute Gasteiger partial charge is 0.103 e. The minimum Gasteiger partial charge on any atom is -0.382 e. The molecule has 118 valence electrons. The molecule has 0 fully saturated rings. The molecule has 0 radical (unpaired) electrons.